The van der Waals surface area contributed by atoms with Gasteiger partial charge in [-0.15, -0.1) is 11.3 Å². The van der Waals surface area contributed by atoms with Gasteiger partial charge >= 0.3 is 0 Å². The summed E-state index contributed by atoms with van der Waals surface area (Å²) < 4.78 is 5.74. The van der Waals surface area contributed by atoms with Crippen LogP contribution in [0.1, 0.15) is 19.8 Å². The van der Waals surface area contributed by atoms with Gasteiger partial charge in [-0.3, -0.25) is 4.98 Å². The van der Waals surface area contributed by atoms with Gasteiger partial charge in [0.2, 0.25) is 0 Å². The number of pyridine rings is 1. The second kappa shape index (κ2) is 5.66. The predicted molar refractivity (Wildman–Crippen MR) is 68.0 cm³/mol. The standard InChI is InChI=1S/C13H15NOS/c1-2-3-9-15-12-7-10-16-13(12)11-6-4-5-8-14-11/h4-8,10H,2-3,9H2,1H3. The average Bonchev–Trinajstić information content (AvgIpc) is 2.79. The lowest BCUT2D eigenvalue weighted by Gasteiger charge is -2.05. The summed E-state index contributed by atoms with van der Waals surface area (Å²) in [5.74, 6) is 0.956. The molecule has 0 aliphatic carbocycles. The van der Waals surface area contributed by atoms with E-state index in [1.54, 1.807) is 11.3 Å². The molecular weight excluding hydrogens is 218 g/mol. The highest BCUT2D eigenvalue weighted by Gasteiger charge is 2.08. The molecule has 2 aromatic rings. The Labute approximate surface area is 99.9 Å². The van der Waals surface area contributed by atoms with E-state index in [0.717, 1.165) is 35.8 Å². The van der Waals surface area contributed by atoms with Crippen molar-refractivity contribution in [2.24, 2.45) is 0 Å². The smallest absolute Gasteiger partial charge is 0.139 e. The molecule has 0 spiro atoms. The molecule has 84 valence electrons. The van der Waals surface area contributed by atoms with Crippen LogP contribution in [0.25, 0.3) is 10.6 Å². The highest BCUT2D eigenvalue weighted by atomic mass is 32.1. The Balaban J connectivity index is 2.13. The molecule has 0 saturated carbocycles. The molecule has 0 aliphatic heterocycles. The van der Waals surface area contributed by atoms with E-state index in [0.29, 0.717) is 0 Å². The first-order chi connectivity index (χ1) is 7.92. The molecule has 0 saturated heterocycles. The van der Waals surface area contributed by atoms with Gasteiger partial charge in [0.15, 0.2) is 0 Å². The third-order valence-electron chi connectivity index (χ3n) is 2.28. The van der Waals surface area contributed by atoms with Crippen molar-refractivity contribution in [2.45, 2.75) is 19.8 Å². The van der Waals surface area contributed by atoms with E-state index in [9.17, 15) is 0 Å². The van der Waals surface area contributed by atoms with Crippen molar-refractivity contribution in [1.82, 2.24) is 4.98 Å². The van der Waals surface area contributed by atoms with Crippen LogP contribution in [-0.4, -0.2) is 11.6 Å². The molecular formula is C13H15NOS. The molecule has 16 heavy (non-hydrogen) atoms. The van der Waals surface area contributed by atoms with Gasteiger partial charge in [-0.25, -0.2) is 0 Å². The molecule has 0 aromatic carbocycles. The minimum atomic E-state index is 0.785. The number of thiophene rings is 1. The molecule has 0 unspecified atom stereocenters. The van der Waals surface area contributed by atoms with E-state index >= 15 is 0 Å². The van der Waals surface area contributed by atoms with Crippen LogP contribution in [0.15, 0.2) is 35.8 Å². The lowest BCUT2D eigenvalue weighted by atomic mass is 10.3. The van der Waals surface area contributed by atoms with Crippen LogP contribution in [0.5, 0.6) is 5.75 Å². The average molecular weight is 233 g/mol. The highest BCUT2D eigenvalue weighted by molar-refractivity contribution is 7.14. The summed E-state index contributed by atoms with van der Waals surface area (Å²) in [5.41, 5.74) is 0.990. The SMILES string of the molecule is CCCCOc1ccsc1-c1ccccn1. The zero-order chi connectivity index (χ0) is 11.2. The van der Waals surface area contributed by atoms with Crippen molar-refractivity contribution in [1.29, 1.82) is 0 Å². The van der Waals surface area contributed by atoms with E-state index in [1.807, 2.05) is 35.8 Å². The van der Waals surface area contributed by atoms with Crippen LogP contribution in [0.4, 0.5) is 0 Å². The molecule has 2 aromatic heterocycles. The maximum atomic E-state index is 5.74. The fraction of sp³-hybridized carbons (Fsp3) is 0.308. The summed E-state index contributed by atoms with van der Waals surface area (Å²) in [6.07, 6.45) is 4.06. The summed E-state index contributed by atoms with van der Waals surface area (Å²) in [7, 11) is 0. The van der Waals surface area contributed by atoms with E-state index < -0.39 is 0 Å². The quantitative estimate of drug-likeness (QED) is 0.728. The molecule has 0 atom stereocenters. The van der Waals surface area contributed by atoms with Crippen LogP contribution in [0.3, 0.4) is 0 Å². The minimum absolute atomic E-state index is 0.785. The molecule has 0 radical (unpaired) electrons. The van der Waals surface area contributed by atoms with Gasteiger partial charge in [-0.05, 0) is 30.0 Å². The zero-order valence-electron chi connectivity index (χ0n) is 9.35. The fourth-order valence-electron chi connectivity index (χ4n) is 1.42. The van der Waals surface area contributed by atoms with Crippen molar-refractivity contribution in [2.75, 3.05) is 6.61 Å². The number of unbranched alkanes of at least 4 members (excludes halogenated alkanes) is 1. The van der Waals surface area contributed by atoms with Gasteiger partial charge in [-0.1, -0.05) is 19.4 Å². The van der Waals surface area contributed by atoms with E-state index in [2.05, 4.69) is 11.9 Å². The van der Waals surface area contributed by atoms with Crippen LogP contribution in [-0.2, 0) is 0 Å². The molecule has 0 fully saturated rings. The highest BCUT2D eigenvalue weighted by Crippen LogP contribution is 2.34. The lowest BCUT2D eigenvalue weighted by molar-refractivity contribution is 0.311. The molecule has 0 N–H and O–H groups in total. The van der Waals surface area contributed by atoms with Gasteiger partial charge < -0.3 is 4.74 Å². The van der Waals surface area contributed by atoms with Crippen molar-refractivity contribution in [3.63, 3.8) is 0 Å². The van der Waals surface area contributed by atoms with E-state index in [-0.39, 0.29) is 0 Å². The number of rotatable bonds is 5. The van der Waals surface area contributed by atoms with Gasteiger partial charge in [0.25, 0.3) is 0 Å². The summed E-state index contributed by atoms with van der Waals surface area (Å²) >= 11 is 1.67. The molecule has 0 aliphatic rings. The van der Waals surface area contributed by atoms with Gasteiger partial charge in [0, 0.05) is 6.20 Å². The molecule has 2 nitrogen and oxygen atoms in total. The third kappa shape index (κ3) is 2.61. The monoisotopic (exact) mass is 233 g/mol. The normalized spacial score (nSPS) is 10.3. The fourth-order valence-corrected chi connectivity index (χ4v) is 2.23. The Hall–Kier alpha value is -1.35. The van der Waals surface area contributed by atoms with Crippen molar-refractivity contribution >= 4 is 11.3 Å². The topological polar surface area (TPSA) is 22.1 Å². The van der Waals surface area contributed by atoms with Gasteiger partial charge in [-0.2, -0.15) is 0 Å². The number of ether oxygens (including phenoxy) is 1. The Morgan fingerprint density at radius 3 is 3.00 bits per heavy atom. The van der Waals surface area contributed by atoms with Gasteiger partial charge in [0.05, 0.1) is 17.2 Å². The molecule has 0 amide bonds. The number of nitrogens with zero attached hydrogens (tertiary/aromatic N) is 1. The zero-order valence-corrected chi connectivity index (χ0v) is 10.2. The van der Waals surface area contributed by atoms with Crippen LogP contribution >= 0.6 is 11.3 Å². The summed E-state index contributed by atoms with van der Waals surface area (Å²) in [6, 6.07) is 7.95. The predicted octanol–water partition coefficient (Wildman–Crippen LogP) is 3.99. The molecule has 0 bridgehead atoms. The molecule has 2 rings (SSSR count). The van der Waals surface area contributed by atoms with Crippen LogP contribution in [0, 0.1) is 0 Å². The first-order valence-corrected chi connectivity index (χ1v) is 6.41. The second-order valence-corrected chi connectivity index (χ2v) is 4.45. The van der Waals surface area contributed by atoms with Crippen LogP contribution in [0.2, 0.25) is 0 Å². The second-order valence-electron chi connectivity index (χ2n) is 3.53. The number of aromatic nitrogens is 1. The van der Waals surface area contributed by atoms with Crippen molar-refractivity contribution < 1.29 is 4.74 Å². The molecule has 2 heterocycles. The Morgan fingerprint density at radius 1 is 1.31 bits per heavy atom. The Kier molecular flexibility index (Phi) is 3.94. The summed E-state index contributed by atoms with van der Waals surface area (Å²) in [6.45, 7) is 2.95. The summed E-state index contributed by atoms with van der Waals surface area (Å²) in [4.78, 5) is 5.46. The largest absolute Gasteiger partial charge is 0.492 e. The van der Waals surface area contributed by atoms with Crippen LogP contribution < -0.4 is 4.74 Å². The van der Waals surface area contributed by atoms with E-state index in [1.165, 1.54) is 0 Å². The first-order valence-electron chi connectivity index (χ1n) is 5.53. The first kappa shape index (κ1) is 11.1. The maximum Gasteiger partial charge on any atom is 0.139 e. The number of hydrogen-bond donors (Lipinski definition) is 0. The Morgan fingerprint density at radius 2 is 2.25 bits per heavy atom. The summed E-state index contributed by atoms with van der Waals surface area (Å²) in [5, 5.41) is 2.05. The minimum Gasteiger partial charge on any atom is -0.492 e. The maximum absolute atomic E-state index is 5.74. The third-order valence-corrected chi connectivity index (χ3v) is 3.20. The van der Waals surface area contributed by atoms with Crippen molar-refractivity contribution in [3.8, 4) is 16.3 Å². The van der Waals surface area contributed by atoms with E-state index in [4.69, 9.17) is 4.74 Å². The molecule has 3 heteroatoms. The lowest BCUT2D eigenvalue weighted by Crippen LogP contribution is -1.96. The van der Waals surface area contributed by atoms with Gasteiger partial charge in [0.1, 0.15) is 5.75 Å². The van der Waals surface area contributed by atoms with Crippen molar-refractivity contribution in [3.05, 3.63) is 35.8 Å². The number of hydrogen-bond acceptors (Lipinski definition) is 3. The Bertz CT molecular complexity index is 425.